The lowest BCUT2D eigenvalue weighted by Gasteiger charge is -2.01. The average Bonchev–Trinajstić information content (AvgIpc) is 2.65. The number of phenolic OH excluding ortho intramolecular Hbond substituents is 1. The first kappa shape index (κ1) is 7.44. The number of aromatic hydroxyl groups is 1. The first-order valence-electron chi connectivity index (χ1n) is 4.54. The Morgan fingerprint density at radius 3 is 2.86 bits per heavy atom. The Labute approximate surface area is 80.8 Å². The van der Waals surface area contributed by atoms with Crippen molar-refractivity contribution in [1.29, 1.82) is 0 Å². The van der Waals surface area contributed by atoms with Crippen molar-refractivity contribution in [2.45, 2.75) is 0 Å². The third kappa shape index (κ3) is 0.852. The summed E-state index contributed by atoms with van der Waals surface area (Å²) >= 11 is 0. The van der Waals surface area contributed by atoms with Crippen LogP contribution >= 0.6 is 0 Å². The molecule has 0 spiro atoms. The predicted octanol–water partition coefficient (Wildman–Crippen LogP) is 3.03. The zero-order chi connectivity index (χ0) is 9.54. The fourth-order valence-electron chi connectivity index (χ4n) is 1.90. The Morgan fingerprint density at radius 1 is 1.00 bits per heavy atom. The van der Waals surface area contributed by atoms with E-state index in [1.807, 2.05) is 36.5 Å². The third-order valence-corrected chi connectivity index (χ3v) is 2.55. The molecule has 0 fully saturated rings. The molecular weight excluding hydrogens is 174 g/mol. The van der Waals surface area contributed by atoms with Gasteiger partial charge in [-0.2, -0.15) is 0 Å². The van der Waals surface area contributed by atoms with Gasteiger partial charge in [0.2, 0.25) is 0 Å². The topological polar surface area (TPSA) is 36.0 Å². The molecule has 0 radical (unpaired) electrons. The summed E-state index contributed by atoms with van der Waals surface area (Å²) in [5.74, 6) is 0.340. The van der Waals surface area contributed by atoms with Gasteiger partial charge in [0, 0.05) is 22.5 Å². The lowest BCUT2D eigenvalue weighted by atomic mass is 10.1. The normalized spacial score (nSPS) is 11.1. The molecule has 1 aromatic heterocycles. The van der Waals surface area contributed by atoms with Crippen LogP contribution in [0.5, 0.6) is 5.75 Å². The molecule has 0 bridgehead atoms. The van der Waals surface area contributed by atoms with Gasteiger partial charge in [-0.25, -0.2) is 0 Å². The van der Waals surface area contributed by atoms with Crippen LogP contribution in [0.4, 0.5) is 0 Å². The van der Waals surface area contributed by atoms with E-state index in [0.717, 1.165) is 21.7 Å². The van der Waals surface area contributed by atoms with E-state index in [-0.39, 0.29) is 0 Å². The number of hydrogen-bond acceptors (Lipinski definition) is 1. The van der Waals surface area contributed by atoms with E-state index in [2.05, 4.69) is 4.98 Å². The van der Waals surface area contributed by atoms with Gasteiger partial charge in [-0.3, -0.25) is 0 Å². The number of nitrogens with one attached hydrogen (secondary N) is 1. The predicted molar refractivity (Wildman–Crippen MR) is 57.5 cm³/mol. The van der Waals surface area contributed by atoms with Crippen molar-refractivity contribution >= 4 is 21.7 Å². The molecule has 3 aromatic rings. The van der Waals surface area contributed by atoms with E-state index >= 15 is 0 Å². The molecule has 0 unspecified atom stereocenters. The fourth-order valence-corrected chi connectivity index (χ4v) is 1.90. The Bertz CT molecular complexity index is 610. The Balaban J connectivity index is 2.67. The summed E-state index contributed by atoms with van der Waals surface area (Å²) in [4.78, 5) is 3.13. The molecule has 3 rings (SSSR count). The summed E-state index contributed by atoms with van der Waals surface area (Å²) in [5.41, 5.74) is 1.05. The molecule has 2 heteroatoms. The van der Waals surface area contributed by atoms with Crippen LogP contribution in [-0.4, -0.2) is 10.1 Å². The number of hydrogen-bond donors (Lipinski definition) is 2. The van der Waals surface area contributed by atoms with Crippen LogP contribution in [0.2, 0.25) is 0 Å². The number of H-pyrrole nitrogens is 1. The van der Waals surface area contributed by atoms with E-state index in [1.165, 1.54) is 0 Å². The average molecular weight is 183 g/mol. The van der Waals surface area contributed by atoms with Gasteiger partial charge < -0.3 is 10.1 Å². The van der Waals surface area contributed by atoms with Crippen LogP contribution in [0, 0.1) is 0 Å². The Morgan fingerprint density at radius 2 is 1.93 bits per heavy atom. The van der Waals surface area contributed by atoms with Crippen molar-refractivity contribution in [3.05, 3.63) is 42.6 Å². The summed E-state index contributed by atoms with van der Waals surface area (Å²) in [6.07, 6.45) is 1.89. The van der Waals surface area contributed by atoms with Crippen LogP contribution in [0.1, 0.15) is 0 Å². The van der Waals surface area contributed by atoms with Crippen molar-refractivity contribution in [2.24, 2.45) is 0 Å². The van der Waals surface area contributed by atoms with E-state index in [1.54, 1.807) is 6.07 Å². The highest BCUT2D eigenvalue weighted by Gasteiger charge is 2.04. The second-order valence-corrected chi connectivity index (χ2v) is 3.38. The quantitative estimate of drug-likeness (QED) is 0.552. The minimum Gasteiger partial charge on any atom is -0.507 e. The van der Waals surface area contributed by atoms with Crippen molar-refractivity contribution < 1.29 is 5.11 Å². The molecular formula is C12H9NO. The number of aromatic nitrogens is 1. The maximum atomic E-state index is 9.77. The van der Waals surface area contributed by atoms with Gasteiger partial charge >= 0.3 is 0 Å². The molecule has 0 aliphatic carbocycles. The summed E-state index contributed by atoms with van der Waals surface area (Å²) in [6, 6.07) is 11.6. The SMILES string of the molecule is Oc1cccc2ccc3[nH]ccc3c12. The molecule has 0 amide bonds. The number of phenols is 1. The molecule has 0 saturated carbocycles. The monoisotopic (exact) mass is 183 g/mol. The van der Waals surface area contributed by atoms with Crippen molar-refractivity contribution in [2.75, 3.05) is 0 Å². The Hall–Kier alpha value is -1.96. The molecule has 0 aliphatic rings. The van der Waals surface area contributed by atoms with Gasteiger partial charge in [-0.15, -0.1) is 0 Å². The van der Waals surface area contributed by atoms with Crippen LogP contribution in [-0.2, 0) is 0 Å². The van der Waals surface area contributed by atoms with Gasteiger partial charge in [0.05, 0.1) is 0 Å². The first-order chi connectivity index (χ1) is 6.86. The molecule has 2 N–H and O–H groups in total. The first-order valence-corrected chi connectivity index (χ1v) is 4.54. The number of fused-ring (bicyclic) bond motifs is 3. The maximum absolute atomic E-state index is 9.77. The molecule has 0 aliphatic heterocycles. The molecule has 68 valence electrons. The lowest BCUT2D eigenvalue weighted by Crippen LogP contribution is -1.75. The minimum absolute atomic E-state index is 0.340. The van der Waals surface area contributed by atoms with Gasteiger partial charge in [-0.1, -0.05) is 18.2 Å². The van der Waals surface area contributed by atoms with Gasteiger partial charge in [-0.05, 0) is 23.6 Å². The lowest BCUT2D eigenvalue weighted by molar-refractivity contribution is 0.482. The highest BCUT2D eigenvalue weighted by molar-refractivity contribution is 6.09. The van der Waals surface area contributed by atoms with Gasteiger partial charge in [0.15, 0.2) is 0 Å². The highest BCUT2D eigenvalue weighted by Crippen LogP contribution is 2.31. The summed E-state index contributed by atoms with van der Waals surface area (Å²) < 4.78 is 0. The second-order valence-electron chi connectivity index (χ2n) is 3.38. The maximum Gasteiger partial charge on any atom is 0.124 e. The molecule has 14 heavy (non-hydrogen) atoms. The van der Waals surface area contributed by atoms with E-state index < -0.39 is 0 Å². The molecule has 2 nitrogen and oxygen atoms in total. The van der Waals surface area contributed by atoms with E-state index in [0.29, 0.717) is 5.75 Å². The van der Waals surface area contributed by atoms with Crippen molar-refractivity contribution in [3.8, 4) is 5.75 Å². The summed E-state index contributed by atoms with van der Waals surface area (Å²) in [7, 11) is 0. The molecule has 0 atom stereocenters. The smallest absolute Gasteiger partial charge is 0.124 e. The summed E-state index contributed by atoms with van der Waals surface area (Å²) in [6.45, 7) is 0. The standard InChI is InChI=1S/C12H9NO/c14-11-3-1-2-8-4-5-10-9(12(8)11)6-7-13-10/h1-7,13-14H. The van der Waals surface area contributed by atoms with Crippen molar-refractivity contribution in [1.82, 2.24) is 4.98 Å². The minimum atomic E-state index is 0.340. The van der Waals surface area contributed by atoms with Crippen LogP contribution < -0.4 is 0 Å². The van der Waals surface area contributed by atoms with Crippen molar-refractivity contribution in [3.63, 3.8) is 0 Å². The van der Waals surface area contributed by atoms with Crippen LogP contribution in [0.3, 0.4) is 0 Å². The van der Waals surface area contributed by atoms with Crippen LogP contribution in [0.25, 0.3) is 21.7 Å². The second kappa shape index (κ2) is 2.51. The van der Waals surface area contributed by atoms with E-state index in [9.17, 15) is 5.11 Å². The van der Waals surface area contributed by atoms with Crippen LogP contribution in [0.15, 0.2) is 42.6 Å². The molecule has 1 heterocycles. The zero-order valence-electron chi connectivity index (χ0n) is 7.49. The zero-order valence-corrected chi connectivity index (χ0v) is 7.49. The molecule has 2 aromatic carbocycles. The van der Waals surface area contributed by atoms with Gasteiger partial charge in [0.25, 0.3) is 0 Å². The summed E-state index contributed by atoms with van der Waals surface area (Å²) in [5, 5.41) is 12.8. The fraction of sp³-hybridized carbons (Fsp3) is 0. The highest BCUT2D eigenvalue weighted by atomic mass is 16.3. The van der Waals surface area contributed by atoms with Gasteiger partial charge in [0.1, 0.15) is 5.75 Å². The largest absolute Gasteiger partial charge is 0.507 e. The van der Waals surface area contributed by atoms with E-state index in [4.69, 9.17) is 0 Å². The Kier molecular flexibility index (Phi) is 1.34. The molecule has 0 saturated heterocycles. The third-order valence-electron chi connectivity index (χ3n) is 2.55. The number of benzene rings is 2. The number of aromatic amines is 1. The number of rotatable bonds is 0.